The summed E-state index contributed by atoms with van der Waals surface area (Å²) in [6.07, 6.45) is -0.611. The molecule has 2 heterocycles. The van der Waals surface area contributed by atoms with E-state index in [4.69, 9.17) is 103 Å². The minimum absolute atomic E-state index is 0.00122. The number of hydrogen-bond acceptors (Lipinski definition) is 20. The van der Waals surface area contributed by atoms with Gasteiger partial charge in [-0.05, 0) is 146 Å². The minimum atomic E-state index is -1.81. The van der Waals surface area contributed by atoms with Crippen LogP contribution in [-0.4, -0.2) is 170 Å². The van der Waals surface area contributed by atoms with Crippen molar-refractivity contribution in [3.8, 4) is 33.4 Å². The van der Waals surface area contributed by atoms with Crippen LogP contribution in [0.1, 0.15) is 172 Å². The van der Waals surface area contributed by atoms with Crippen molar-refractivity contribution in [1.29, 1.82) is 0 Å². The molecule has 5 aliphatic rings. The molecule has 5 N–H and O–H groups in total. The predicted octanol–water partition coefficient (Wildman–Crippen LogP) is 14.8. The van der Waals surface area contributed by atoms with Gasteiger partial charge in [0.1, 0.15) is 68.4 Å². The van der Waals surface area contributed by atoms with Gasteiger partial charge < -0.3 is 48.9 Å². The van der Waals surface area contributed by atoms with E-state index < -0.39 is 146 Å². The van der Waals surface area contributed by atoms with E-state index in [9.17, 15) is 57.8 Å². The third-order valence-corrected chi connectivity index (χ3v) is 20.8. The Morgan fingerprint density at radius 2 is 0.712 bits per heavy atom. The van der Waals surface area contributed by atoms with Gasteiger partial charge in [0.15, 0.2) is 0 Å². The summed E-state index contributed by atoms with van der Waals surface area (Å²) in [5.41, 5.74) is 17.1. The van der Waals surface area contributed by atoms with E-state index in [1.54, 1.807) is 69.2 Å². The van der Waals surface area contributed by atoms with Crippen LogP contribution in [0.25, 0.3) is 33.4 Å². The van der Waals surface area contributed by atoms with Gasteiger partial charge >= 0.3 is 47.9 Å². The smallest absolute Gasteiger partial charge is 0.407 e. The molecule has 2 fully saturated rings. The Morgan fingerprint density at radius 3 is 1.01 bits per heavy atom. The van der Waals surface area contributed by atoms with Crippen molar-refractivity contribution >= 4 is 135 Å². The van der Waals surface area contributed by atoms with Crippen molar-refractivity contribution < 1.29 is 91.0 Å². The number of aliphatic carboxylic acids is 1. The molecule has 0 saturated carbocycles. The van der Waals surface area contributed by atoms with Gasteiger partial charge in [0.25, 0.3) is 11.8 Å². The first-order valence-corrected chi connectivity index (χ1v) is 41.3. The summed E-state index contributed by atoms with van der Waals surface area (Å²) in [5.74, 6) is -9.13. The molecule has 0 unspecified atom stereocenters. The monoisotopic (exact) mass is 1740 g/mol. The second-order valence-corrected chi connectivity index (χ2v) is 37.0. The van der Waals surface area contributed by atoms with Gasteiger partial charge in [-0.2, -0.15) is 0 Å². The van der Waals surface area contributed by atoms with Gasteiger partial charge in [-0.3, -0.25) is 58.0 Å². The summed E-state index contributed by atoms with van der Waals surface area (Å²) < 4.78 is 34.2. The molecule has 25 nitrogen and oxygen atoms in total. The Hall–Kier alpha value is -9.05. The van der Waals surface area contributed by atoms with Crippen molar-refractivity contribution in [2.24, 2.45) is 23.7 Å². The lowest BCUT2D eigenvalue weighted by atomic mass is 9.91. The Labute approximate surface area is 716 Å². The van der Waals surface area contributed by atoms with Crippen LogP contribution >= 0.6 is 69.6 Å². The number of alkyl carbamates (subject to hydrolysis) is 1. The zero-order valence-corrected chi connectivity index (χ0v) is 71.8. The highest BCUT2D eigenvalue weighted by Gasteiger charge is 2.42. The molecule has 4 amide bonds. The summed E-state index contributed by atoms with van der Waals surface area (Å²) >= 11 is 34.1. The Balaban J connectivity index is 0.000000212. The van der Waals surface area contributed by atoms with Crippen molar-refractivity contribution in [3.05, 3.63) is 179 Å². The number of carboxylic acids is 1. The number of nitrogens with zero attached hydrogens (tertiary/aromatic N) is 2. The number of hydrogen-bond donors (Lipinski definition) is 5. The molecule has 2 saturated heterocycles. The number of nitrogens with one attached hydrogen (secondary N) is 4. The van der Waals surface area contributed by atoms with Crippen molar-refractivity contribution in [2.75, 3.05) is 46.1 Å². The number of carbonyl (C=O) groups is 11. The van der Waals surface area contributed by atoms with Gasteiger partial charge in [-0.1, -0.05) is 243 Å². The third-order valence-electron chi connectivity index (χ3n) is 20.1. The quantitative estimate of drug-likeness (QED) is 0.0191. The van der Waals surface area contributed by atoms with Crippen molar-refractivity contribution in [3.63, 3.8) is 0 Å². The summed E-state index contributed by atoms with van der Waals surface area (Å²) in [7, 11) is 0. The highest BCUT2D eigenvalue weighted by molar-refractivity contribution is 6.68. The van der Waals surface area contributed by atoms with E-state index in [1.807, 2.05) is 121 Å². The van der Waals surface area contributed by atoms with E-state index in [0.717, 1.165) is 60.6 Å². The van der Waals surface area contributed by atoms with Gasteiger partial charge in [-0.25, -0.2) is 15.6 Å². The highest BCUT2D eigenvalue weighted by Crippen LogP contribution is 2.48. The number of benzene rings is 6. The summed E-state index contributed by atoms with van der Waals surface area (Å²) in [4.78, 5) is 142. The van der Waals surface area contributed by atoms with Gasteiger partial charge in [0.05, 0.1) is 37.5 Å². The lowest BCUT2D eigenvalue weighted by Gasteiger charge is -2.35. The maximum atomic E-state index is 13.8. The van der Waals surface area contributed by atoms with Crippen LogP contribution in [0.4, 0.5) is 4.79 Å². The third kappa shape index (κ3) is 26.2. The van der Waals surface area contributed by atoms with E-state index in [-0.39, 0.29) is 75.3 Å². The van der Waals surface area contributed by atoms with Crippen molar-refractivity contribution in [2.45, 2.75) is 181 Å². The first kappa shape index (κ1) is 92.8. The molecule has 0 radical (unpaired) electrons. The molecule has 11 rings (SSSR count). The first-order chi connectivity index (χ1) is 55.6. The van der Waals surface area contributed by atoms with E-state index in [1.165, 1.54) is 16.1 Å². The van der Waals surface area contributed by atoms with Crippen LogP contribution in [0.2, 0.25) is 0 Å². The number of amides is 4. The molecule has 6 aromatic carbocycles. The molecule has 3 aliphatic carbocycles. The van der Waals surface area contributed by atoms with Crippen molar-refractivity contribution in [1.82, 2.24) is 31.5 Å². The molecular weight excluding hydrogens is 1650 g/mol. The average molecular weight is 1750 g/mol. The van der Waals surface area contributed by atoms with Crippen LogP contribution in [-0.2, 0) is 81.1 Å². The number of hydrazine groups is 2. The minimum Gasteiger partial charge on any atom is -0.481 e. The number of esters is 6. The molecule has 2 aliphatic heterocycles. The number of alkyl halides is 6. The Morgan fingerprint density at radius 1 is 0.415 bits per heavy atom. The number of carboxylic acid groups (broad SMARTS) is 1. The Kier molecular flexibility index (Phi) is 32.5. The van der Waals surface area contributed by atoms with Gasteiger partial charge in [-0.15, -0.1) is 0 Å². The first-order valence-electron chi connectivity index (χ1n) is 39.0. The molecular formula is C87H100Cl6N6O19. The molecule has 6 aromatic rings. The Bertz CT molecular complexity index is 4480. The highest BCUT2D eigenvalue weighted by atomic mass is 35.6. The molecule has 118 heavy (non-hydrogen) atoms. The maximum absolute atomic E-state index is 13.8. The number of carbonyl (C=O) groups excluding carboxylic acids is 10. The fourth-order valence-electron chi connectivity index (χ4n) is 14.6. The lowest BCUT2D eigenvalue weighted by molar-refractivity contribution is -0.160. The zero-order chi connectivity index (χ0) is 86.1. The number of ether oxygens (including phenoxy) is 7. The second-order valence-electron chi connectivity index (χ2n) is 32.0. The lowest BCUT2D eigenvalue weighted by Crippen LogP contribution is -2.61. The van der Waals surface area contributed by atoms with Crippen LogP contribution in [0.5, 0.6) is 0 Å². The normalized spacial score (nSPS) is 16.6. The topological polar surface area (TPSA) is 327 Å². The fraction of sp³-hybridized carbons (Fsp3) is 0.460. The summed E-state index contributed by atoms with van der Waals surface area (Å²) in [6, 6.07) is 43.5. The number of fused-ring (bicyclic) bond motifs is 9. The molecule has 0 spiro atoms. The largest absolute Gasteiger partial charge is 0.481 e. The molecule has 6 atom stereocenters. The average Bonchev–Trinajstić information content (AvgIpc) is 1.63. The molecule has 0 bridgehead atoms. The second kappa shape index (κ2) is 41.3. The fourth-order valence-corrected chi connectivity index (χ4v) is 14.9. The van der Waals surface area contributed by atoms with Crippen LogP contribution in [0.15, 0.2) is 146 Å². The van der Waals surface area contributed by atoms with E-state index >= 15 is 0 Å². The van der Waals surface area contributed by atoms with E-state index in [2.05, 4.69) is 45.8 Å². The van der Waals surface area contributed by atoms with Crippen LogP contribution in [0.3, 0.4) is 0 Å². The predicted molar refractivity (Wildman–Crippen MR) is 446 cm³/mol. The molecule has 31 heteroatoms. The summed E-state index contributed by atoms with van der Waals surface area (Å²) in [6.45, 7) is 17.1. The standard InChI is InChI=1S/C36H44Cl3N3O8.C30H34Cl3N3O7.C21H22O4/c1-21(2)26(17-30(43)48-19-27-24-13-8-6-11-22(24)23-12-7-9-14-25(23)27)32(45)40-29(18-31(44)50-35(3,4)5)33(46)42-16-10-15-28(41-42)34(47)49-20-36(37,38)39;1-29(2,3)43-25(37)15-24(26(38)36-14-8-13-23(35-36)27(39)42-17-30(31,32)33)34-28(40)41-16-22-20-11-6-4-9-18(20)19-10-5-7-12-21(19)22;1-13(2)18(21(23)24)11-20(22)25-12-19-16-9-5-3-7-14(16)15-8-4-6-10-17(15)19/h6-9,11-14,21,26-29,41H,10,15-20H2,1-5H3,(H,40,45);4-7,9-12,22-24,35H,8,13-17H2,1-3H3,(H,34,40);3-10,13,18-19H,11-12H2,1-2H3,(H,23,24)/t26-,28-,29-;23-,24-;18-/m000/s1. The zero-order valence-electron chi connectivity index (χ0n) is 67.3. The SMILES string of the molecule is CC(C)(C)OC(=O)C[C@H](NC(=O)OCC1c2ccccc2-c2ccccc21)C(=O)N1CCC[C@@H](C(=O)OCC(Cl)(Cl)Cl)N1.CC(C)[C@H](CC(=O)OCC1c2ccccc2-c2ccccc21)C(=O)N[C@@H](CC(=O)OC(C)(C)C)C(=O)N1CCC[C@@H](C(=O)OCC(Cl)(Cl)Cl)N1.CC(C)[C@H](CC(=O)OCC1c2ccccc2-c2ccccc21)C(=O)O. The van der Waals surface area contributed by atoms with Crippen LogP contribution in [0, 0.1) is 23.7 Å². The summed E-state index contributed by atoms with van der Waals surface area (Å²) in [5, 5.41) is 16.8. The van der Waals surface area contributed by atoms with Gasteiger partial charge in [0, 0.05) is 30.8 Å². The molecule has 634 valence electrons. The molecule has 0 aromatic heterocycles. The number of halogens is 6. The van der Waals surface area contributed by atoms with E-state index in [0.29, 0.717) is 25.7 Å². The van der Waals surface area contributed by atoms with Gasteiger partial charge in [0.2, 0.25) is 13.5 Å². The maximum Gasteiger partial charge on any atom is 0.407 e. The van der Waals surface area contributed by atoms with Crippen LogP contribution < -0.4 is 21.5 Å². The number of rotatable bonds is 26.